The van der Waals surface area contributed by atoms with E-state index in [-0.39, 0.29) is 0 Å². The van der Waals surface area contributed by atoms with Crippen molar-refractivity contribution in [1.82, 2.24) is 0 Å². The number of piperidine rings is 1. The van der Waals surface area contributed by atoms with Crippen LogP contribution in [0, 0.1) is 5.92 Å². The third-order valence-electron chi connectivity index (χ3n) is 4.33. The summed E-state index contributed by atoms with van der Waals surface area (Å²) in [5.41, 5.74) is 1.44. The van der Waals surface area contributed by atoms with E-state index in [0.29, 0.717) is 0 Å². The van der Waals surface area contributed by atoms with Crippen molar-refractivity contribution in [3.63, 3.8) is 0 Å². The number of hydrogen-bond donors (Lipinski definition) is 0. The smallest absolute Gasteiger partial charge is 0.0368 e. The third kappa shape index (κ3) is 1.83. The van der Waals surface area contributed by atoms with Gasteiger partial charge < -0.3 is 4.90 Å². The topological polar surface area (TPSA) is 3.24 Å². The number of para-hydroxylation sites is 1. The minimum atomic E-state index is 0.838. The Balaban J connectivity index is 1.83. The van der Waals surface area contributed by atoms with Crippen LogP contribution in [0.4, 0.5) is 5.69 Å². The zero-order valence-electron chi connectivity index (χ0n) is 9.94. The molecular formula is C15H21N. The molecule has 1 heterocycles. The Labute approximate surface area is 98.5 Å². The van der Waals surface area contributed by atoms with Gasteiger partial charge in [-0.25, -0.2) is 0 Å². The van der Waals surface area contributed by atoms with Gasteiger partial charge in [0.2, 0.25) is 0 Å². The molecule has 0 amide bonds. The van der Waals surface area contributed by atoms with Crippen LogP contribution in [0.3, 0.4) is 0 Å². The molecule has 0 spiro atoms. The lowest BCUT2D eigenvalue weighted by atomic mass is 9.78. The lowest BCUT2D eigenvalue weighted by molar-refractivity contribution is 0.244. The minimum absolute atomic E-state index is 0.838. The maximum Gasteiger partial charge on any atom is 0.0368 e. The fraction of sp³-hybridized carbons (Fsp3) is 0.600. The van der Waals surface area contributed by atoms with Crippen LogP contribution in [0.25, 0.3) is 0 Å². The molecule has 0 radical (unpaired) electrons. The molecule has 0 unspecified atom stereocenters. The number of benzene rings is 1. The highest BCUT2D eigenvalue weighted by Gasteiger charge is 2.32. The van der Waals surface area contributed by atoms with Crippen LogP contribution in [0.15, 0.2) is 30.3 Å². The largest absolute Gasteiger partial charge is 0.368 e. The molecule has 0 bridgehead atoms. The fourth-order valence-corrected chi connectivity index (χ4v) is 3.56. The van der Waals surface area contributed by atoms with Gasteiger partial charge in [0, 0.05) is 18.3 Å². The predicted molar refractivity (Wildman–Crippen MR) is 68.8 cm³/mol. The Morgan fingerprint density at radius 2 is 1.62 bits per heavy atom. The van der Waals surface area contributed by atoms with Crippen LogP contribution < -0.4 is 4.90 Å². The highest BCUT2D eigenvalue weighted by molar-refractivity contribution is 5.47. The van der Waals surface area contributed by atoms with Gasteiger partial charge in [0.15, 0.2) is 0 Å². The number of hydrogen-bond acceptors (Lipinski definition) is 1. The molecule has 1 aliphatic heterocycles. The van der Waals surface area contributed by atoms with E-state index in [2.05, 4.69) is 35.2 Å². The third-order valence-corrected chi connectivity index (χ3v) is 4.33. The zero-order chi connectivity index (χ0) is 10.8. The van der Waals surface area contributed by atoms with Gasteiger partial charge in [0.05, 0.1) is 0 Å². The summed E-state index contributed by atoms with van der Waals surface area (Å²) in [5.74, 6) is 0.975. The summed E-state index contributed by atoms with van der Waals surface area (Å²) >= 11 is 0. The average molecular weight is 215 g/mol. The summed E-state index contributed by atoms with van der Waals surface area (Å²) < 4.78 is 0. The second kappa shape index (κ2) is 4.48. The Kier molecular flexibility index (Phi) is 2.86. The molecule has 86 valence electrons. The van der Waals surface area contributed by atoms with E-state index in [4.69, 9.17) is 0 Å². The molecule has 2 aliphatic rings. The van der Waals surface area contributed by atoms with Crippen molar-refractivity contribution in [2.24, 2.45) is 5.92 Å². The Bertz CT molecular complexity index is 331. The monoisotopic (exact) mass is 215 g/mol. The summed E-state index contributed by atoms with van der Waals surface area (Å²) in [4.78, 5) is 2.67. The Hall–Kier alpha value is -0.980. The number of rotatable bonds is 1. The number of fused-ring (bicyclic) bond motifs is 1. The summed E-state index contributed by atoms with van der Waals surface area (Å²) in [5, 5.41) is 0. The quantitative estimate of drug-likeness (QED) is 0.688. The molecule has 16 heavy (non-hydrogen) atoms. The van der Waals surface area contributed by atoms with Gasteiger partial charge in [0.1, 0.15) is 0 Å². The van der Waals surface area contributed by atoms with Crippen molar-refractivity contribution in [2.45, 2.75) is 44.6 Å². The van der Waals surface area contributed by atoms with Gasteiger partial charge in [-0.2, -0.15) is 0 Å². The molecule has 2 fully saturated rings. The summed E-state index contributed by atoms with van der Waals surface area (Å²) in [7, 11) is 0. The van der Waals surface area contributed by atoms with E-state index in [1.54, 1.807) is 0 Å². The minimum Gasteiger partial charge on any atom is -0.368 e. The Morgan fingerprint density at radius 1 is 0.875 bits per heavy atom. The SMILES string of the molecule is c1ccc(N2CCC[C@H]3CCCC[C@@H]32)cc1. The van der Waals surface area contributed by atoms with Crippen LogP contribution in [-0.4, -0.2) is 12.6 Å². The van der Waals surface area contributed by atoms with E-state index in [9.17, 15) is 0 Å². The highest BCUT2D eigenvalue weighted by Crippen LogP contribution is 2.37. The van der Waals surface area contributed by atoms with Gasteiger partial charge in [-0.3, -0.25) is 0 Å². The van der Waals surface area contributed by atoms with Crippen LogP contribution in [0.1, 0.15) is 38.5 Å². The van der Waals surface area contributed by atoms with E-state index in [1.165, 1.54) is 50.8 Å². The van der Waals surface area contributed by atoms with E-state index in [1.807, 2.05) is 0 Å². The average Bonchev–Trinajstić information content (AvgIpc) is 2.39. The van der Waals surface area contributed by atoms with Crippen molar-refractivity contribution in [3.05, 3.63) is 30.3 Å². The standard InChI is InChI=1S/C15H21N/c1-2-9-14(10-3-1)16-12-6-8-13-7-4-5-11-15(13)16/h1-3,9-10,13,15H,4-8,11-12H2/t13-,15+/m1/s1. The summed E-state index contributed by atoms with van der Waals surface area (Å²) in [6.07, 6.45) is 8.63. The lowest BCUT2D eigenvalue weighted by Gasteiger charge is -2.45. The van der Waals surface area contributed by atoms with Crippen LogP contribution in [0.5, 0.6) is 0 Å². The first-order valence-corrected chi connectivity index (χ1v) is 6.77. The second-order valence-electron chi connectivity index (χ2n) is 5.28. The van der Waals surface area contributed by atoms with Gasteiger partial charge in [-0.15, -0.1) is 0 Å². The molecular weight excluding hydrogens is 194 g/mol. The van der Waals surface area contributed by atoms with E-state index < -0.39 is 0 Å². The van der Waals surface area contributed by atoms with Gasteiger partial charge in [0.25, 0.3) is 0 Å². The van der Waals surface area contributed by atoms with E-state index >= 15 is 0 Å². The Morgan fingerprint density at radius 3 is 2.50 bits per heavy atom. The maximum atomic E-state index is 2.67. The first-order chi connectivity index (χ1) is 7.95. The van der Waals surface area contributed by atoms with Crippen molar-refractivity contribution >= 4 is 5.69 Å². The van der Waals surface area contributed by atoms with E-state index in [0.717, 1.165) is 12.0 Å². The molecule has 1 heteroatoms. The molecule has 1 saturated heterocycles. The fourth-order valence-electron chi connectivity index (χ4n) is 3.56. The maximum absolute atomic E-state index is 2.67. The molecule has 1 nitrogen and oxygen atoms in total. The molecule has 0 aromatic heterocycles. The van der Waals surface area contributed by atoms with Crippen LogP contribution >= 0.6 is 0 Å². The molecule has 0 N–H and O–H groups in total. The zero-order valence-corrected chi connectivity index (χ0v) is 9.94. The predicted octanol–water partition coefficient (Wildman–Crippen LogP) is 3.85. The van der Waals surface area contributed by atoms with Gasteiger partial charge in [-0.05, 0) is 43.7 Å². The molecule has 2 atom stereocenters. The molecule has 1 saturated carbocycles. The van der Waals surface area contributed by atoms with Gasteiger partial charge >= 0.3 is 0 Å². The first-order valence-electron chi connectivity index (χ1n) is 6.77. The molecule has 3 rings (SSSR count). The van der Waals surface area contributed by atoms with Crippen molar-refractivity contribution in [2.75, 3.05) is 11.4 Å². The van der Waals surface area contributed by atoms with Crippen LogP contribution in [-0.2, 0) is 0 Å². The van der Waals surface area contributed by atoms with Crippen molar-refractivity contribution in [3.8, 4) is 0 Å². The highest BCUT2D eigenvalue weighted by atomic mass is 15.2. The van der Waals surface area contributed by atoms with Gasteiger partial charge in [-0.1, -0.05) is 31.0 Å². The molecule has 1 aromatic carbocycles. The van der Waals surface area contributed by atoms with Crippen LogP contribution in [0.2, 0.25) is 0 Å². The lowest BCUT2D eigenvalue weighted by Crippen LogP contribution is -2.46. The van der Waals surface area contributed by atoms with Crippen molar-refractivity contribution < 1.29 is 0 Å². The number of nitrogens with zero attached hydrogens (tertiary/aromatic N) is 1. The summed E-state index contributed by atoms with van der Waals surface area (Å²) in [6, 6.07) is 11.8. The number of anilines is 1. The molecule has 1 aromatic rings. The van der Waals surface area contributed by atoms with Crippen molar-refractivity contribution in [1.29, 1.82) is 0 Å². The normalized spacial score (nSPS) is 29.9. The molecule has 1 aliphatic carbocycles. The second-order valence-corrected chi connectivity index (χ2v) is 5.28. The summed E-state index contributed by atoms with van der Waals surface area (Å²) in [6.45, 7) is 1.27. The first kappa shape index (κ1) is 10.2.